The zero-order chi connectivity index (χ0) is 13.2. The van der Waals surface area contributed by atoms with Crippen molar-refractivity contribution in [2.24, 2.45) is 11.1 Å². The largest absolute Gasteiger partial charge is 0.508 e. The van der Waals surface area contributed by atoms with Crippen LogP contribution in [0, 0.1) is 5.41 Å². The van der Waals surface area contributed by atoms with Crippen molar-refractivity contribution in [2.45, 2.75) is 19.9 Å². The Morgan fingerprint density at radius 3 is 2.44 bits per heavy atom. The highest BCUT2D eigenvalue weighted by Crippen LogP contribution is 2.37. The topological polar surface area (TPSA) is 92.8 Å². The van der Waals surface area contributed by atoms with Crippen LogP contribution in [-0.4, -0.2) is 23.3 Å². The molecular weight excluding hydrogens is 258 g/mol. The fourth-order valence-electron chi connectivity index (χ4n) is 1.57. The van der Waals surface area contributed by atoms with E-state index in [9.17, 15) is 15.0 Å². The van der Waals surface area contributed by atoms with Gasteiger partial charge in [0, 0.05) is 11.6 Å². The van der Waals surface area contributed by atoms with Gasteiger partial charge in [0.15, 0.2) is 0 Å². The number of esters is 1. The number of ether oxygens (including phenoxy) is 1. The van der Waals surface area contributed by atoms with Crippen molar-refractivity contribution < 1.29 is 19.7 Å². The first-order valence-electron chi connectivity index (χ1n) is 5.16. The van der Waals surface area contributed by atoms with Gasteiger partial charge in [-0.05, 0) is 32.0 Å². The molecule has 4 N–H and O–H groups in total. The quantitative estimate of drug-likeness (QED) is 0.577. The maximum absolute atomic E-state index is 11.6. The molecule has 1 aromatic carbocycles. The molecule has 1 aromatic rings. The number of nitrogens with two attached hydrogens (primary N) is 1. The number of phenolic OH excluding ortho intramolecular Hbond substituents is 2. The fraction of sp³-hybridized carbons (Fsp3) is 0.417. The lowest BCUT2D eigenvalue weighted by atomic mass is 9.80. The Labute approximate surface area is 112 Å². The normalized spacial score (nSPS) is 12.4. The van der Waals surface area contributed by atoms with Gasteiger partial charge in [-0.15, -0.1) is 12.4 Å². The van der Waals surface area contributed by atoms with Crippen molar-refractivity contribution in [3.63, 3.8) is 0 Å². The van der Waals surface area contributed by atoms with E-state index in [0.29, 0.717) is 5.56 Å². The molecule has 0 bridgehead atoms. The van der Waals surface area contributed by atoms with Crippen LogP contribution in [0.5, 0.6) is 11.5 Å². The lowest BCUT2D eigenvalue weighted by molar-refractivity contribution is -0.152. The molecule has 0 aliphatic carbocycles. The number of methoxy groups -OCH3 is 1. The summed E-state index contributed by atoms with van der Waals surface area (Å²) >= 11 is 0. The van der Waals surface area contributed by atoms with E-state index in [1.54, 1.807) is 13.8 Å². The van der Waals surface area contributed by atoms with Gasteiger partial charge in [-0.25, -0.2) is 0 Å². The second-order valence-electron chi connectivity index (χ2n) is 4.43. The number of phenols is 2. The maximum Gasteiger partial charge on any atom is 0.313 e. The molecule has 5 nitrogen and oxygen atoms in total. The molecule has 0 spiro atoms. The fourth-order valence-corrected chi connectivity index (χ4v) is 1.57. The van der Waals surface area contributed by atoms with Crippen molar-refractivity contribution in [1.29, 1.82) is 0 Å². The smallest absolute Gasteiger partial charge is 0.313 e. The average molecular weight is 276 g/mol. The van der Waals surface area contributed by atoms with Crippen LogP contribution in [0.2, 0.25) is 0 Å². The third kappa shape index (κ3) is 3.05. The molecule has 102 valence electrons. The lowest BCUT2D eigenvalue weighted by Crippen LogP contribution is -2.37. The van der Waals surface area contributed by atoms with Crippen LogP contribution in [-0.2, 0) is 9.53 Å². The highest BCUT2D eigenvalue weighted by molar-refractivity contribution is 5.85. The number of hydrogen-bond acceptors (Lipinski definition) is 5. The van der Waals surface area contributed by atoms with Crippen LogP contribution in [0.1, 0.15) is 25.5 Å². The molecule has 0 unspecified atom stereocenters. The molecule has 0 amide bonds. The average Bonchev–Trinajstić information content (AvgIpc) is 2.30. The van der Waals surface area contributed by atoms with E-state index >= 15 is 0 Å². The van der Waals surface area contributed by atoms with E-state index in [1.165, 1.54) is 25.3 Å². The molecule has 0 saturated heterocycles. The minimum Gasteiger partial charge on any atom is -0.508 e. The van der Waals surface area contributed by atoms with E-state index in [1.807, 2.05) is 0 Å². The van der Waals surface area contributed by atoms with E-state index in [0.717, 1.165) is 0 Å². The molecule has 1 atom stereocenters. The highest BCUT2D eigenvalue weighted by Gasteiger charge is 2.37. The molecule has 0 radical (unpaired) electrons. The zero-order valence-corrected chi connectivity index (χ0v) is 11.3. The Hall–Kier alpha value is -1.46. The van der Waals surface area contributed by atoms with E-state index in [2.05, 4.69) is 4.74 Å². The summed E-state index contributed by atoms with van der Waals surface area (Å²) in [5.74, 6) is -0.561. The second-order valence-corrected chi connectivity index (χ2v) is 4.43. The van der Waals surface area contributed by atoms with Gasteiger partial charge < -0.3 is 20.7 Å². The molecular formula is C12H18ClNO4. The Balaban J connectivity index is 0.00000289. The first kappa shape index (κ1) is 16.5. The maximum atomic E-state index is 11.6. The molecule has 6 heteroatoms. The molecule has 1 rings (SSSR count). The summed E-state index contributed by atoms with van der Waals surface area (Å²) in [6.45, 7) is 3.24. The van der Waals surface area contributed by atoms with Gasteiger partial charge in [0.1, 0.15) is 11.5 Å². The van der Waals surface area contributed by atoms with Crippen molar-refractivity contribution >= 4 is 18.4 Å². The van der Waals surface area contributed by atoms with Gasteiger partial charge in [-0.2, -0.15) is 0 Å². The van der Waals surface area contributed by atoms with Gasteiger partial charge in [0.25, 0.3) is 0 Å². The Bertz CT molecular complexity index is 434. The first-order valence-corrected chi connectivity index (χ1v) is 5.16. The van der Waals surface area contributed by atoms with Crippen LogP contribution >= 0.6 is 12.4 Å². The van der Waals surface area contributed by atoms with E-state index in [-0.39, 0.29) is 23.9 Å². The minimum absolute atomic E-state index is 0. The van der Waals surface area contributed by atoms with Crippen molar-refractivity contribution in [3.8, 4) is 11.5 Å². The van der Waals surface area contributed by atoms with Crippen LogP contribution in [0.4, 0.5) is 0 Å². The summed E-state index contributed by atoms with van der Waals surface area (Å²) in [6.07, 6.45) is 0. The Morgan fingerprint density at radius 2 is 1.94 bits per heavy atom. The van der Waals surface area contributed by atoms with Crippen LogP contribution in [0.3, 0.4) is 0 Å². The number of halogens is 1. The number of carbonyl (C=O) groups is 1. The number of carbonyl (C=O) groups excluding carboxylic acids is 1. The summed E-state index contributed by atoms with van der Waals surface area (Å²) in [7, 11) is 1.28. The lowest BCUT2D eigenvalue weighted by Gasteiger charge is -2.29. The SMILES string of the molecule is COC(=O)C(C)(C)[C@@H](N)c1cc(O)ccc1O.Cl. The zero-order valence-electron chi connectivity index (χ0n) is 10.5. The molecule has 0 fully saturated rings. The van der Waals surface area contributed by atoms with Gasteiger partial charge in [0.05, 0.1) is 12.5 Å². The molecule has 0 aromatic heterocycles. The molecule has 0 aliphatic heterocycles. The Kier molecular flexibility index (Phi) is 5.45. The standard InChI is InChI=1S/C12H17NO4.ClH/c1-12(2,11(16)17-3)10(13)8-6-7(14)4-5-9(8)15;/h4-6,10,14-15H,13H2,1-3H3;1H/t10-;/m0./s1. The predicted molar refractivity (Wildman–Crippen MR) is 69.7 cm³/mol. The monoisotopic (exact) mass is 275 g/mol. The summed E-state index contributed by atoms with van der Waals surface area (Å²) in [4.78, 5) is 11.6. The minimum atomic E-state index is -1.000. The molecule has 18 heavy (non-hydrogen) atoms. The number of benzene rings is 1. The Morgan fingerprint density at radius 1 is 1.39 bits per heavy atom. The molecule has 0 heterocycles. The third-order valence-electron chi connectivity index (χ3n) is 2.84. The third-order valence-corrected chi connectivity index (χ3v) is 2.84. The molecule has 0 saturated carbocycles. The molecule has 0 aliphatic rings. The van der Waals surface area contributed by atoms with Crippen molar-refractivity contribution in [1.82, 2.24) is 0 Å². The van der Waals surface area contributed by atoms with Gasteiger partial charge in [0.2, 0.25) is 0 Å². The van der Waals surface area contributed by atoms with Crippen molar-refractivity contribution in [2.75, 3.05) is 7.11 Å². The van der Waals surface area contributed by atoms with E-state index in [4.69, 9.17) is 5.73 Å². The van der Waals surface area contributed by atoms with E-state index < -0.39 is 17.4 Å². The second kappa shape index (κ2) is 5.93. The van der Waals surface area contributed by atoms with Crippen LogP contribution in [0.25, 0.3) is 0 Å². The van der Waals surface area contributed by atoms with Gasteiger partial charge >= 0.3 is 5.97 Å². The summed E-state index contributed by atoms with van der Waals surface area (Å²) < 4.78 is 4.66. The van der Waals surface area contributed by atoms with Crippen LogP contribution < -0.4 is 5.73 Å². The predicted octanol–water partition coefficient (Wildman–Crippen LogP) is 1.72. The number of hydrogen-bond donors (Lipinski definition) is 3. The van der Waals surface area contributed by atoms with Gasteiger partial charge in [-0.1, -0.05) is 0 Å². The number of aromatic hydroxyl groups is 2. The highest BCUT2D eigenvalue weighted by atomic mass is 35.5. The van der Waals surface area contributed by atoms with Crippen LogP contribution in [0.15, 0.2) is 18.2 Å². The number of rotatable bonds is 3. The van der Waals surface area contributed by atoms with Crippen molar-refractivity contribution in [3.05, 3.63) is 23.8 Å². The summed E-state index contributed by atoms with van der Waals surface area (Å²) in [5.41, 5.74) is 5.25. The first-order chi connectivity index (χ1) is 7.80. The summed E-state index contributed by atoms with van der Waals surface area (Å²) in [5, 5.41) is 19.0. The van der Waals surface area contributed by atoms with Gasteiger partial charge in [-0.3, -0.25) is 4.79 Å². The summed E-state index contributed by atoms with van der Waals surface area (Å²) in [6, 6.07) is 3.24.